The molecule has 0 aliphatic carbocycles. The van der Waals surface area contributed by atoms with Crippen molar-refractivity contribution in [3.63, 3.8) is 0 Å². The first kappa shape index (κ1) is 15.8. The molecule has 21 heavy (non-hydrogen) atoms. The fourth-order valence-electron chi connectivity index (χ4n) is 2.38. The third kappa shape index (κ3) is 5.38. The number of rotatable bonds is 4. The highest BCUT2D eigenvalue weighted by atomic mass is 16.6. The zero-order valence-corrected chi connectivity index (χ0v) is 13.1. The lowest BCUT2D eigenvalue weighted by molar-refractivity contribution is 0.0184. The minimum atomic E-state index is -0.424. The molecule has 0 saturated carbocycles. The molecule has 0 atom stereocenters. The largest absolute Gasteiger partial charge is 0.444 e. The highest BCUT2D eigenvalue weighted by Crippen LogP contribution is 2.19. The van der Waals surface area contributed by atoms with Crippen molar-refractivity contribution >= 4 is 6.09 Å². The summed E-state index contributed by atoms with van der Waals surface area (Å²) in [4.78, 5) is 13.8. The maximum absolute atomic E-state index is 12.0. The zero-order valence-electron chi connectivity index (χ0n) is 13.1. The fraction of sp³-hybridized carbons (Fsp3) is 0.733. The van der Waals surface area contributed by atoms with Gasteiger partial charge in [-0.1, -0.05) is 5.16 Å². The van der Waals surface area contributed by atoms with Crippen LogP contribution in [0.15, 0.2) is 16.8 Å². The number of aromatic nitrogens is 1. The van der Waals surface area contributed by atoms with Crippen LogP contribution in [0.25, 0.3) is 0 Å². The molecule has 0 spiro atoms. The lowest BCUT2D eigenvalue weighted by Gasteiger charge is -2.33. The fourth-order valence-corrected chi connectivity index (χ4v) is 2.38. The van der Waals surface area contributed by atoms with E-state index in [0.717, 1.165) is 38.2 Å². The molecule has 6 nitrogen and oxygen atoms in total. The SMILES string of the molecule is CC(C)(C)OC(=O)N1CCC(CNCc2ccno2)CC1. The minimum absolute atomic E-state index is 0.199. The van der Waals surface area contributed by atoms with Crippen LogP contribution in [0.3, 0.4) is 0 Å². The van der Waals surface area contributed by atoms with Gasteiger partial charge in [-0.15, -0.1) is 0 Å². The third-order valence-corrected chi connectivity index (χ3v) is 3.49. The van der Waals surface area contributed by atoms with Crippen LogP contribution >= 0.6 is 0 Å². The zero-order chi connectivity index (χ0) is 15.3. The Morgan fingerprint density at radius 3 is 2.76 bits per heavy atom. The standard InChI is InChI=1S/C15H25N3O3/c1-15(2,3)20-14(19)18-8-5-12(6-9-18)10-16-11-13-4-7-17-21-13/h4,7,12,16H,5-6,8-11H2,1-3H3. The number of ether oxygens (including phenoxy) is 1. The van der Waals surface area contributed by atoms with Crippen molar-refractivity contribution in [1.82, 2.24) is 15.4 Å². The van der Waals surface area contributed by atoms with Crippen LogP contribution in [0, 0.1) is 5.92 Å². The van der Waals surface area contributed by atoms with Crippen molar-refractivity contribution in [2.75, 3.05) is 19.6 Å². The highest BCUT2D eigenvalue weighted by molar-refractivity contribution is 5.68. The van der Waals surface area contributed by atoms with E-state index < -0.39 is 5.60 Å². The molecule has 0 unspecified atom stereocenters. The van der Waals surface area contributed by atoms with Gasteiger partial charge in [-0.2, -0.15) is 0 Å². The van der Waals surface area contributed by atoms with E-state index in [9.17, 15) is 4.79 Å². The van der Waals surface area contributed by atoms with E-state index in [2.05, 4.69) is 10.5 Å². The summed E-state index contributed by atoms with van der Waals surface area (Å²) in [7, 11) is 0. The van der Waals surface area contributed by atoms with Gasteiger partial charge < -0.3 is 19.5 Å². The summed E-state index contributed by atoms with van der Waals surface area (Å²) in [6, 6.07) is 1.86. The van der Waals surface area contributed by atoms with E-state index in [1.54, 1.807) is 11.1 Å². The van der Waals surface area contributed by atoms with E-state index in [1.807, 2.05) is 26.8 Å². The van der Waals surface area contributed by atoms with E-state index in [0.29, 0.717) is 12.5 Å². The lowest BCUT2D eigenvalue weighted by atomic mass is 9.97. The Morgan fingerprint density at radius 2 is 2.19 bits per heavy atom. The lowest BCUT2D eigenvalue weighted by Crippen LogP contribution is -2.43. The van der Waals surface area contributed by atoms with Gasteiger partial charge in [0, 0.05) is 19.2 Å². The molecule has 6 heteroatoms. The first-order valence-electron chi connectivity index (χ1n) is 7.52. The van der Waals surface area contributed by atoms with Gasteiger partial charge in [0.05, 0.1) is 12.7 Å². The average Bonchev–Trinajstić information content (AvgIpc) is 2.91. The smallest absolute Gasteiger partial charge is 0.410 e. The molecular weight excluding hydrogens is 270 g/mol. The quantitative estimate of drug-likeness (QED) is 0.924. The van der Waals surface area contributed by atoms with Crippen LogP contribution in [0.1, 0.15) is 39.4 Å². The number of nitrogens with one attached hydrogen (secondary N) is 1. The number of nitrogens with zero attached hydrogens (tertiary/aromatic N) is 2. The molecular formula is C15H25N3O3. The van der Waals surface area contributed by atoms with Crippen molar-refractivity contribution in [3.8, 4) is 0 Å². The second-order valence-corrected chi connectivity index (χ2v) is 6.52. The topological polar surface area (TPSA) is 67.6 Å². The Hall–Kier alpha value is -1.56. The predicted molar refractivity (Wildman–Crippen MR) is 78.7 cm³/mol. The molecule has 118 valence electrons. The number of amides is 1. The van der Waals surface area contributed by atoms with E-state index in [4.69, 9.17) is 9.26 Å². The number of carbonyl (C=O) groups is 1. The van der Waals surface area contributed by atoms with E-state index in [1.165, 1.54) is 0 Å². The molecule has 1 N–H and O–H groups in total. The van der Waals surface area contributed by atoms with Crippen molar-refractivity contribution in [2.45, 2.75) is 45.8 Å². The summed E-state index contributed by atoms with van der Waals surface area (Å²) in [5.41, 5.74) is -0.424. The Balaban J connectivity index is 1.65. The second kappa shape index (κ2) is 6.93. The maximum atomic E-state index is 12.0. The van der Waals surface area contributed by atoms with Crippen molar-refractivity contribution in [2.24, 2.45) is 5.92 Å². The van der Waals surface area contributed by atoms with Crippen LogP contribution in [0.2, 0.25) is 0 Å². The highest BCUT2D eigenvalue weighted by Gasteiger charge is 2.26. The summed E-state index contributed by atoms with van der Waals surface area (Å²) < 4.78 is 10.4. The van der Waals surface area contributed by atoms with Crippen LogP contribution in [-0.2, 0) is 11.3 Å². The summed E-state index contributed by atoms with van der Waals surface area (Å²) in [6.45, 7) is 8.85. The predicted octanol–water partition coefficient (Wildman–Crippen LogP) is 2.41. The molecule has 0 bridgehead atoms. The molecule has 1 aromatic heterocycles. The Morgan fingerprint density at radius 1 is 1.48 bits per heavy atom. The number of hydrogen-bond donors (Lipinski definition) is 1. The number of piperidine rings is 1. The Labute approximate surface area is 125 Å². The molecule has 0 radical (unpaired) electrons. The van der Waals surface area contributed by atoms with Crippen molar-refractivity contribution in [1.29, 1.82) is 0 Å². The molecule has 2 heterocycles. The minimum Gasteiger partial charge on any atom is -0.444 e. The molecule has 2 rings (SSSR count). The first-order chi connectivity index (χ1) is 9.94. The van der Waals surface area contributed by atoms with Gasteiger partial charge in [0.25, 0.3) is 0 Å². The molecule has 1 aliphatic heterocycles. The van der Waals surface area contributed by atoms with Crippen LogP contribution < -0.4 is 5.32 Å². The van der Waals surface area contributed by atoms with E-state index in [-0.39, 0.29) is 6.09 Å². The normalized spacial score (nSPS) is 17.0. The first-order valence-corrected chi connectivity index (χ1v) is 7.52. The van der Waals surface area contributed by atoms with E-state index >= 15 is 0 Å². The number of hydrogen-bond acceptors (Lipinski definition) is 5. The molecule has 0 aromatic carbocycles. The van der Waals surface area contributed by atoms with Gasteiger partial charge in [-0.05, 0) is 46.1 Å². The summed E-state index contributed by atoms with van der Waals surface area (Å²) >= 11 is 0. The van der Waals surface area contributed by atoms with Gasteiger partial charge in [-0.25, -0.2) is 4.79 Å². The second-order valence-electron chi connectivity index (χ2n) is 6.52. The summed E-state index contributed by atoms with van der Waals surface area (Å²) in [5.74, 6) is 1.44. The van der Waals surface area contributed by atoms with Gasteiger partial charge in [0.15, 0.2) is 0 Å². The molecule has 1 fully saturated rings. The van der Waals surface area contributed by atoms with Crippen LogP contribution in [0.5, 0.6) is 0 Å². The Kier molecular flexibility index (Phi) is 5.22. The average molecular weight is 295 g/mol. The summed E-state index contributed by atoms with van der Waals surface area (Å²) in [6.07, 6.45) is 3.46. The monoisotopic (exact) mass is 295 g/mol. The maximum Gasteiger partial charge on any atom is 0.410 e. The molecule has 1 aromatic rings. The van der Waals surface area contributed by atoms with Gasteiger partial charge >= 0.3 is 6.09 Å². The number of likely N-dealkylation sites (tertiary alicyclic amines) is 1. The van der Waals surface area contributed by atoms with Gasteiger partial charge in [0.1, 0.15) is 11.4 Å². The third-order valence-electron chi connectivity index (χ3n) is 3.49. The number of carbonyl (C=O) groups excluding carboxylic acids is 1. The van der Waals surface area contributed by atoms with Crippen LogP contribution in [-0.4, -0.2) is 41.4 Å². The Bertz CT molecular complexity index is 432. The van der Waals surface area contributed by atoms with Gasteiger partial charge in [-0.3, -0.25) is 0 Å². The molecule has 1 amide bonds. The van der Waals surface area contributed by atoms with Crippen LogP contribution in [0.4, 0.5) is 4.79 Å². The van der Waals surface area contributed by atoms with Crippen molar-refractivity contribution in [3.05, 3.63) is 18.0 Å². The molecule has 1 aliphatic rings. The van der Waals surface area contributed by atoms with Gasteiger partial charge in [0.2, 0.25) is 0 Å². The molecule has 1 saturated heterocycles. The summed E-state index contributed by atoms with van der Waals surface area (Å²) in [5, 5.41) is 7.04. The van der Waals surface area contributed by atoms with Crippen molar-refractivity contribution < 1.29 is 14.1 Å².